The highest BCUT2D eigenvalue weighted by Crippen LogP contribution is 2.15. The summed E-state index contributed by atoms with van der Waals surface area (Å²) in [5.74, 6) is -1.62. The van der Waals surface area contributed by atoms with Gasteiger partial charge in [0.05, 0.1) is 5.92 Å². The first-order valence-electron chi connectivity index (χ1n) is 6.79. The van der Waals surface area contributed by atoms with Crippen LogP contribution in [-0.4, -0.2) is 35.1 Å². The number of rotatable bonds is 9. The molecule has 0 saturated heterocycles. The van der Waals surface area contributed by atoms with Gasteiger partial charge in [0.2, 0.25) is 0 Å². The van der Waals surface area contributed by atoms with Crippen molar-refractivity contribution in [3.63, 3.8) is 0 Å². The highest BCUT2D eigenvalue weighted by Gasteiger charge is 2.19. The molecule has 1 atom stereocenters. The number of hydrogen-bond acceptors (Lipinski definition) is 4. The van der Waals surface area contributed by atoms with Gasteiger partial charge < -0.3 is 15.2 Å². The van der Waals surface area contributed by atoms with Gasteiger partial charge in [-0.25, -0.2) is 4.98 Å². The van der Waals surface area contributed by atoms with Gasteiger partial charge in [0.1, 0.15) is 6.61 Å². The number of carbonyl (C=O) groups excluding carboxylic acids is 1. The number of aliphatic carboxylic acids is 1. The quantitative estimate of drug-likeness (QED) is 0.678. The van der Waals surface area contributed by atoms with Crippen LogP contribution in [0.5, 0.6) is 5.75 Å². The minimum atomic E-state index is -0.915. The lowest BCUT2D eigenvalue weighted by Gasteiger charge is -2.13. The van der Waals surface area contributed by atoms with E-state index in [1.165, 1.54) is 6.20 Å². The van der Waals surface area contributed by atoms with Crippen molar-refractivity contribution in [2.75, 3.05) is 13.2 Å². The molecule has 0 aliphatic carbocycles. The number of nitrogens with one attached hydrogen (secondary N) is 1. The van der Waals surface area contributed by atoms with Crippen molar-refractivity contribution < 1.29 is 19.4 Å². The molecule has 114 valence electrons. The summed E-state index contributed by atoms with van der Waals surface area (Å²) >= 11 is 0. The van der Waals surface area contributed by atoms with Crippen LogP contribution >= 0.6 is 0 Å². The van der Waals surface area contributed by atoms with Crippen LogP contribution in [0.4, 0.5) is 0 Å². The second-order valence-electron chi connectivity index (χ2n) is 4.48. The molecule has 0 fully saturated rings. The van der Waals surface area contributed by atoms with Crippen LogP contribution in [0.15, 0.2) is 31.0 Å². The molecule has 0 radical (unpaired) electrons. The fourth-order valence-corrected chi connectivity index (χ4v) is 1.79. The zero-order chi connectivity index (χ0) is 15.7. The lowest BCUT2D eigenvalue weighted by atomic mass is 10.0. The number of hydrogen-bond donors (Lipinski definition) is 2. The maximum absolute atomic E-state index is 12.1. The van der Waals surface area contributed by atoms with Crippen molar-refractivity contribution in [1.29, 1.82) is 0 Å². The highest BCUT2D eigenvalue weighted by molar-refractivity contribution is 5.95. The fraction of sp³-hybridized carbons (Fsp3) is 0.400. The second-order valence-corrected chi connectivity index (χ2v) is 4.48. The largest absolute Gasteiger partial charge is 0.487 e. The normalized spacial score (nSPS) is 11.5. The third-order valence-corrected chi connectivity index (χ3v) is 2.84. The molecule has 6 nitrogen and oxygen atoms in total. The van der Waals surface area contributed by atoms with Gasteiger partial charge >= 0.3 is 5.97 Å². The minimum absolute atomic E-state index is 0.0689. The summed E-state index contributed by atoms with van der Waals surface area (Å²) in [5.41, 5.74) is 0.139. The zero-order valence-electron chi connectivity index (χ0n) is 12.0. The second kappa shape index (κ2) is 8.73. The lowest BCUT2D eigenvalue weighted by Crippen LogP contribution is -2.33. The van der Waals surface area contributed by atoms with E-state index in [0.717, 1.165) is 6.42 Å². The third kappa shape index (κ3) is 5.25. The summed E-state index contributed by atoms with van der Waals surface area (Å²) in [6, 6.07) is 3.29. The SMILES string of the molecule is C=CCOc1cccnc1C(=O)NCC(CCC)C(=O)O. The summed E-state index contributed by atoms with van der Waals surface area (Å²) in [7, 11) is 0. The molecule has 1 rings (SSSR count). The molecule has 0 saturated carbocycles. The standard InChI is InChI=1S/C15H20N2O4/c1-3-6-11(15(19)20)10-17-14(18)13-12(21-9-4-2)7-5-8-16-13/h4-5,7-8,11H,2-3,6,9-10H2,1H3,(H,17,18)(H,19,20). The zero-order valence-corrected chi connectivity index (χ0v) is 12.0. The third-order valence-electron chi connectivity index (χ3n) is 2.84. The number of carbonyl (C=O) groups is 2. The average molecular weight is 292 g/mol. The van der Waals surface area contributed by atoms with E-state index >= 15 is 0 Å². The molecule has 0 aliphatic rings. The number of nitrogens with zero attached hydrogens (tertiary/aromatic N) is 1. The van der Waals surface area contributed by atoms with Crippen molar-refractivity contribution in [1.82, 2.24) is 10.3 Å². The van der Waals surface area contributed by atoms with E-state index in [1.807, 2.05) is 6.92 Å². The van der Waals surface area contributed by atoms with Crippen LogP contribution in [0.1, 0.15) is 30.3 Å². The number of carboxylic acid groups (broad SMARTS) is 1. The number of aromatic nitrogens is 1. The molecule has 6 heteroatoms. The Labute approximate surface area is 123 Å². The van der Waals surface area contributed by atoms with Crippen LogP contribution in [0.25, 0.3) is 0 Å². The van der Waals surface area contributed by atoms with E-state index in [-0.39, 0.29) is 18.8 Å². The van der Waals surface area contributed by atoms with Gasteiger partial charge in [-0.05, 0) is 18.6 Å². The van der Waals surface area contributed by atoms with Gasteiger partial charge in [0.15, 0.2) is 11.4 Å². The predicted molar refractivity (Wildman–Crippen MR) is 78.3 cm³/mol. The summed E-state index contributed by atoms with van der Waals surface area (Å²) in [6.45, 7) is 5.77. The van der Waals surface area contributed by atoms with E-state index in [1.54, 1.807) is 18.2 Å². The molecule has 0 aliphatic heterocycles. The number of ether oxygens (including phenoxy) is 1. The van der Waals surface area contributed by atoms with Gasteiger partial charge in [-0.2, -0.15) is 0 Å². The van der Waals surface area contributed by atoms with Gasteiger partial charge in [0.25, 0.3) is 5.91 Å². The van der Waals surface area contributed by atoms with Crippen LogP contribution < -0.4 is 10.1 Å². The predicted octanol–water partition coefficient (Wildman–Crippen LogP) is 1.88. The van der Waals surface area contributed by atoms with Gasteiger partial charge in [0, 0.05) is 12.7 Å². The van der Waals surface area contributed by atoms with Crippen molar-refractivity contribution in [2.45, 2.75) is 19.8 Å². The van der Waals surface area contributed by atoms with E-state index in [0.29, 0.717) is 12.2 Å². The number of carboxylic acids is 1. The molecule has 21 heavy (non-hydrogen) atoms. The van der Waals surface area contributed by atoms with E-state index < -0.39 is 17.8 Å². The monoisotopic (exact) mass is 292 g/mol. The van der Waals surface area contributed by atoms with Gasteiger partial charge in [-0.3, -0.25) is 9.59 Å². The Kier molecular flexibility index (Phi) is 6.94. The van der Waals surface area contributed by atoms with Crippen LogP contribution in [-0.2, 0) is 4.79 Å². The molecule has 1 amide bonds. The molecule has 1 heterocycles. The Balaban J connectivity index is 2.70. The lowest BCUT2D eigenvalue weighted by molar-refractivity contribution is -0.141. The fourth-order valence-electron chi connectivity index (χ4n) is 1.79. The topological polar surface area (TPSA) is 88.5 Å². The summed E-state index contributed by atoms with van der Waals surface area (Å²) in [5, 5.41) is 11.6. The Bertz CT molecular complexity index is 502. The van der Waals surface area contributed by atoms with Crippen molar-refractivity contribution in [3.05, 3.63) is 36.7 Å². The maximum atomic E-state index is 12.1. The molecular formula is C15H20N2O4. The Morgan fingerprint density at radius 3 is 2.95 bits per heavy atom. The Hall–Kier alpha value is -2.37. The smallest absolute Gasteiger partial charge is 0.308 e. The molecule has 1 aromatic heterocycles. The number of amides is 1. The molecule has 1 unspecified atom stereocenters. The summed E-state index contributed by atoms with van der Waals surface area (Å²) < 4.78 is 5.35. The van der Waals surface area contributed by atoms with E-state index in [2.05, 4.69) is 16.9 Å². The molecule has 0 aromatic carbocycles. The van der Waals surface area contributed by atoms with Crippen molar-refractivity contribution >= 4 is 11.9 Å². The molecule has 1 aromatic rings. The first kappa shape index (κ1) is 16.7. The first-order valence-corrected chi connectivity index (χ1v) is 6.79. The Morgan fingerprint density at radius 2 is 2.33 bits per heavy atom. The van der Waals surface area contributed by atoms with Crippen LogP contribution in [0.2, 0.25) is 0 Å². The summed E-state index contributed by atoms with van der Waals surface area (Å²) in [6.07, 6.45) is 4.30. The average Bonchev–Trinajstić information content (AvgIpc) is 2.49. The van der Waals surface area contributed by atoms with E-state index in [4.69, 9.17) is 9.84 Å². The maximum Gasteiger partial charge on any atom is 0.308 e. The van der Waals surface area contributed by atoms with Crippen LogP contribution in [0, 0.1) is 5.92 Å². The molecule has 0 spiro atoms. The Morgan fingerprint density at radius 1 is 1.57 bits per heavy atom. The van der Waals surface area contributed by atoms with E-state index in [9.17, 15) is 9.59 Å². The minimum Gasteiger partial charge on any atom is -0.487 e. The molecular weight excluding hydrogens is 272 g/mol. The highest BCUT2D eigenvalue weighted by atomic mass is 16.5. The molecule has 2 N–H and O–H groups in total. The van der Waals surface area contributed by atoms with Crippen LogP contribution in [0.3, 0.4) is 0 Å². The summed E-state index contributed by atoms with van der Waals surface area (Å²) in [4.78, 5) is 27.1. The van der Waals surface area contributed by atoms with Gasteiger partial charge in [-0.1, -0.05) is 26.0 Å². The number of pyridine rings is 1. The van der Waals surface area contributed by atoms with Crippen molar-refractivity contribution in [3.8, 4) is 5.75 Å². The van der Waals surface area contributed by atoms with Crippen molar-refractivity contribution in [2.24, 2.45) is 5.92 Å². The van der Waals surface area contributed by atoms with Gasteiger partial charge in [-0.15, -0.1) is 0 Å². The first-order chi connectivity index (χ1) is 10.1. The molecule has 0 bridgehead atoms.